The summed E-state index contributed by atoms with van der Waals surface area (Å²) in [4.78, 5) is 12.0. The smallest absolute Gasteiger partial charge is 0.243 e. The highest BCUT2D eigenvalue weighted by Crippen LogP contribution is 2.30. The van der Waals surface area contributed by atoms with E-state index in [1.54, 1.807) is 0 Å². The number of aliphatic hydroxyl groups excluding tert-OH is 1. The molecule has 0 aliphatic carbocycles. The fraction of sp³-hybridized carbons (Fsp3) is 0.533. The maximum atomic E-state index is 12.7. The zero-order chi connectivity index (χ0) is 17.7. The van der Waals surface area contributed by atoms with E-state index < -0.39 is 10.0 Å². The fourth-order valence-electron chi connectivity index (χ4n) is 2.64. The molecule has 24 heavy (non-hydrogen) atoms. The lowest BCUT2D eigenvalue weighted by Crippen LogP contribution is -2.43. The van der Waals surface area contributed by atoms with Gasteiger partial charge in [0.15, 0.2) is 0 Å². The van der Waals surface area contributed by atoms with Gasteiger partial charge in [0, 0.05) is 25.6 Å². The van der Waals surface area contributed by atoms with Crippen LogP contribution in [0.2, 0.25) is 5.02 Å². The molecule has 9 heteroatoms. The molecule has 0 bridgehead atoms. The van der Waals surface area contributed by atoms with Gasteiger partial charge in [0.2, 0.25) is 15.9 Å². The van der Waals surface area contributed by atoms with E-state index in [2.05, 4.69) is 5.32 Å². The summed E-state index contributed by atoms with van der Waals surface area (Å²) < 4.78 is 31.8. The van der Waals surface area contributed by atoms with Gasteiger partial charge in [0.1, 0.15) is 5.75 Å². The Morgan fingerprint density at radius 1 is 1.42 bits per heavy atom. The van der Waals surface area contributed by atoms with Gasteiger partial charge in [-0.1, -0.05) is 11.6 Å². The Labute approximate surface area is 146 Å². The van der Waals surface area contributed by atoms with Crippen LogP contribution in [0.1, 0.15) is 12.8 Å². The number of nitrogens with zero attached hydrogens (tertiary/aromatic N) is 1. The van der Waals surface area contributed by atoms with Crippen LogP contribution < -0.4 is 10.1 Å². The summed E-state index contributed by atoms with van der Waals surface area (Å²) in [5.74, 6) is 0.0333. The molecular formula is C15H21ClN2O5S. The van der Waals surface area contributed by atoms with Crippen LogP contribution in [0.15, 0.2) is 23.1 Å². The number of amides is 1. The van der Waals surface area contributed by atoms with Crippen LogP contribution in [0, 0.1) is 5.92 Å². The number of piperidine rings is 1. The van der Waals surface area contributed by atoms with Crippen LogP contribution in [-0.4, -0.2) is 57.1 Å². The number of carbonyl (C=O) groups is 1. The van der Waals surface area contributed by atoms with E-state index in [1.165, 1.54) is 29.6 Å². The second-order valence-corrected chi connectivity index (χ2v) is 7.83. The average Bonchev–Trinajstić information content (AvgIpc) is 2.59. The third-order valence-electron chi connectivity index (χ3n) is 4.00. The lowest BCUT2D eigenvalue weighted by Gasteiger charge is -2.30. The van der Waals surface area contributed by atoms with E-state index in [1.807, 2.05) is 0 Å². The van der Waals surface area contributed by atoms with Crippen LogP contribution in [-0.2, 0) is 14.8 Å². The number of benzene rings is 1. The van der Waals surface area contributed by atoms with E-state index in [9.17, 15) is 13.2 Å². The van der Waals surface area contributed by atoms with Crippen molar-refractivity contribution in [2.24, 2.45) is 5.92 Å². The molecule has 0 saturated carbocycles. The number of methoxy groups -OCH3 is 1. The van der Waals surface area contributed by atoms with Crippen molar-refractivity contribution in [2.75, 3.05) is 33.4 Å². The van der Waals surface area contributed by atoms with Gasteiger partial charge >= 0.3 is 0 Å². The van der Waals surface area contributed by atoms with Crippen LogP contribution in [0.5, 0.6) is 5.75 Å². The fourth-order valence-corrected chi connectivity index (χ4v) is 4.46. The predicted octanol–water partition coefficient (Wildman–Crippen LogP) is 0.858. The molecule has 0 unspecified atom stereocenters. The van der Waals surface area contributed by atoms with Crippen LogP contribution in [0.4, 0.5) is 0 Å². The van der Waals surface area contributed by atoms with Gasteiger partial charge in [-0.05, 0) is 31.0 Å². The largest absolute Gasteiger partial charge is 0.495 e. The Bertz CT molecular complexity index is 687. The molecule has 0 radical (unpaired) electrons. The van der Waals surface area contributed by atoms with Crippen molar-refractivity contribution in [3.05, 3.63) is 23.2 Å². The van der Waals surface area contributed by atoms with Gasteiger partial charge in [-0.25, -0.2) is 8.42 Å². The van der Waals surface area contributed by atoms with Crippen LogP contribution in [0.25, 0.3) is 0 Å². The third kappa shape index (κ3) is 4.18. The highest BCUT2D eigenvalue weighted by atomic mass is 35.5. The molecule has 134 valence electrons. The second kappa shape index (κ2) is 8.15. The van der Waals surface area contributed by atoms with Gasteiger partial charge < -0.3 is 15.2 Å². The average molecular weight is 377 g/mol. The molecule has 1 aliphatic heterocycles. The third-order valence-corrected chi connectivity index (χ3v) is 6.19. The molecule has 7 nitrogen and oxygen atoms in total. The number of ether oxygens (including phenoxy) is 1. The van der Waals surface area contributed by atoms with Gasteiger partial charge in [0.25, 0.3) is 0 Å². The summed E-state index contributed by atoms with van der Waals surface area (Å²) in [5.41, 5.74) is 0. The first-order valence-electron chi connectivity index (χ1n) is 7.62. The minimum Gasteiger partial charge on any atom is -0.495 e. The molecule has 0 spiro atoms. The SMILES string of the molecule is COc1ccc(S(=O)(=O)N2CCC(C(=O)NCCO)CC2)cc1Cl. The normalized spacial score (nSPS) is 16.8. The summed E-state index contributed by atoms with van der Waals surface area (Å²) in [7, 11) is -2.19. The van der Waals surface area contributed by atoms with Gasteiger partial charge in [0.05, 0.1) is 23.6 Å². The molecule has 0 atom stereocenters. The molecule has 1 amide bonds. The van der Waals surface area contributed by atoms with E-state index in [0.717, 1.165) is 0 Å². The number of nitrogens with one attached hydrogen (secondary N) is 1. The molecule has 0 aromatic heterocycles. The Kier molecular flexibility index (Phi) is 6.45. The van der Waals surface area contributed by atoms with Crippen molar-refractivity contribution in [1.82, 2.24) is 9.62 Å². The Morgan fingerprint density at radius 3 is 2.62 bits per heavy atom. The molecule has 1 fully saturated rings. The Hall–Kier alpha value is -1.35. The number of aliphatic hydroxyl groups is 1. The van der Waals surface area contributed by atoms with E-state index >= 15 is 0 Å². The maximum absolute atomic E-state index is 12.7. The van der Waals surface area contributed by atoms with E-state index in [4.69, 9.17) is 21.4 Å². The molecule has 2 rings (SSSR count). The Morgan fingerprint density at radius 2 is 2.08 bits per heavy atom. The van der Waals surface area contributed by atoms with Crippen molar-refractivity contribution in [2.45, 2.75) is 17.7 Å². The van der Waals surface area contributed by atoms with Crippen molar-refractivity contribution in [3.63, 3.8) is 0 Å². The zero-order valence-corrected chi connectivity index (χ0v) is 14.9. The molecule has 1 aliphatic rings. The highest BCUT2D eigenvalue weighted by Gasteiger charge is 2.32. The van der Waals surface area contributed by atoms with E-state index in [-0.39, 0.29) is 48.0 Å². The first-order valence-corrected chi connectivity index (χ1v) is 9.44. The number of sulfonamides is 1. The monoisotopic (exact) mass is 376 g/mol. The molecule has 1 aromatic carbocycles. The molecule has 1 heterocycles. The zero-order valence-electron chi connectivity index (χ0n) is 13.4. The van der Waals surface area contributed by atoms with Gasteiger partial charge in [-0.15, -0.1) is 0 Å². The number of hydrogen-bond donors (Lipinski definition) is 2. The second-order valence-electron chi connectivity index (χ2n) is 5.49. The number of halogens is 1. The minimum atomic E-state index is -3.65. The topological polar surface area (TPSA) is 95.9 Å². The van der Waals surface area contributed by atoms with Gasteiger partial charge in [-0.2, -0.15) is 4.31 Å². The summed E-state index contributed by atoms with van der Waals surface area (Å²) in [5, 5.41) is 11.6. The summed E-state index contributed by atoms with van der Waals surface area (Å²) >= 11 is 6.01. The van der Waals surface area contributed by atoms with Crippen molar-refractivity contribution in [3.8, 4) is 5.75 Å². The number of hydrogen-bond acceptors (Lipinski definition) is 5. The summed E-state index contributed by atoms with van der Waals surface area (Å²) in [6.07, 6.45) is 0.890. The van der Waals surface area contributed by atoms with E-state index in [0.29, 0.717) is 18.6 Å². The highest BCUT2D eigenvalue weighted by molar-refractivity contribution is 7.89. The van der Waals surface area contributed by atoms with Crippen molar-refractivity contribution in [1.29, 1.82) is 0 Å². The van der Waals surface area contributed by atoms with Gasteiger partial charge in [-0.3, -0.25) is 4.79 Å². The standard InChI is InChI=1S/C15H21ClN2O5S/c1-23-14-3-2-12(10-13(14)16)24(21,22)18-7-4-11(5-8-18)15(20)17-6-9-19/h2-3,10-11,19H,4-9H2,1H3,(H,17,20). The lowest BCUT2D eigenvalue weighted by atomic mass is 9.97. The number of rotatable bonds is 6. The number of carbonyl (C=O) groups excluding carboxylic acids is 1. The van der Waals surface area contributed by atoms with Crippen molar-refractivity contribution < 1.29 is 23.1 Å². The molecule has 2 N–H and O–H groups in total. The Balaban J connectivity index is 2.04. The van der Waals surface area contributed by atoms with Crippen LogP contribution >= 0.6 is 11.6 Å². The predicted molar refractivity (Wildman–Crippen MR) is 89.6 cm³/mol. The first-order chi connectivity index (χ1) is 11.4. The van der Waals surface area contributed by atoms with Crippen molar-refractivity contribution >= 4 is 27.5 Å². The lowest BCUT2D eigenvalue weighted by molar-refractivity contribution is -0.126. The molecule has 1 aromatic rings. The van der Waals surface area contributed by atoms with Crippen LogP contribution in [0.3, 0.4) is 0 Å². The summed E-state index contributed by atoms with van der Waals surface area (Å²) in [6.45, 7) is 0.630. The summed E-state index contributed by atoms with van der Waals surface area (Å²) in [6, 6.07) is 4.35. The minimum absolute atomic E-state index is 0.108. The molecular weight excluding hydrogens is 356 g/mol. The maximum Gasteiger partial charge on any atom is 0.243 e. The molecule has 1 saturated heterocycles. The first kappa shape index (κ1) is 19.0. The quantitative estimate of drug-likeness (QED) is 0.767.